The van der Waals surface area contributed by atoms with Gasteiger partial charge in [0.25, 0.3) is 0 Å². The van der Waals surface area contributed by atoms with Crippen LogP contribution in [0.25, 0.3) is 11.0 Å². The summed E-state index contributed by atoms with van der Waals surface area (Å²) < 4.78 is 5.48. The Bertz CT molecular complexity index is 828. The lowest BCUT2D eigenvalue weighted by atomic mass is 9.80. The third-order valence-corrected chi connectivity index (χ3v) is 5.73. The molecule has 4 nitrogen and oxygen atoms in total. The Morgan fingerprint density at radius 3 is 2.73 bits per heavy atom. The average molecular weight is 399 g/mol. The molecule has 1 aromatic heterocycles. The minimum atomic E-state index is -0.238. The van der Waals surface area contributed by atoms with Crippen molar-refractivity contribution in [1.82, 2.24) is 10.2 Å². The molecule has 1 spiro atoms. The fourth-order valence-electron chi connectivity index (χ4n) is 4.59. The van der Waals surface area contributed by atoms with Gasteiger partial charge in [-0.2, -0.15) is 0 Å². The van der Waals surface area contributed by atoms with E-state index in [1.807, 2.05) is 6.92 Å². The van der Waals surface area contributed by atoms with Crippen molar-refractivity contribution in [3.05, 3.63) is 45.3 Å². The van der Waals surface area contributed by atoms with Gasteiger partial charge in [-0.25, -0.2) is 4.79 Å². The van der Waals surface area contributed by atoms with Crippen LogP contribution in [-0.2, 0) is 6.54 Å². The molecule has 2 aromatic rings. The number of halogens is 2. The molecule has 1 aromatic carbocycles. The minimum Gasteiger partial charge on any atom is -0.422 e. The highest BCUT2D eigenvalue weighted by atomic mass is 35.5. The molecule has 1 N–H and O–H groups in total. The van der Waals surface area contributed by atoms with Gasteiger partial charge in [-0.3, -0.25) is 4.90 Å². The van der Waals surface area contributed by atoms with E-state index in [2.05, 4.69) is 29.3 Å². The Morgan fingerprint density at radius 2 is 2.00 bits per heavy atom. The van der Waals surface area contributed by atoms with E-state index in [-0.39, 0.29) is 30.4 Å². The topological polar surface area (TPSA) is 45.5 Å². The Morgan fingerprint density at radius 1 is 1.19 bits per heavy atom. The molecule has 2 aliphatic rings. The number of hydrogen-bond acceptors (Lipinski definition) is 4. The summed E-state index contributed by atoms with van der Waals surface area (Å²) in [7, 11) is 0. The predicted molar refractivity (Wildman–Crippen MR) is 111 cm³/mol. The summed E-state index contributed by atoms with van der Waals surface area (Å²) in [6.07, 6.45) is 3.87. The van der Waals surface area contributed by atoms with E-state index < -0.39 is 0 Å². The lowest BCUT2D eigenvalue weighted by molar-refractivity contribution is 0.200. The first-order valence-corrected chi connectivity index (χ1v) is 9.02. The predicted octanol–water partition coefficient (Wildman–Crippen LogP) is 3.83. The molecule has 1 atom stereocenters. The second kappa shape index (κ2) is 8.30. The number of aryl methyl sites for hydroxylation is 2. The van der Waals surface area contributed by atoms with Gasteiger partial charge in [0.05, 0.1) is 0 Å². The van der Waals surface area contributed by atoms with Crippen molar-refractivity contribution < 1.29 is 4.42 Å². The van der Waals surface area contributed by atoms with Gasteiger partial charge in [0.2, 0.25) is 0 Å². The molecule has 2 fully saturated rings. The van der Waals surface area contributed by atoms with Crippen LogP contribution in [0.4, 0.5) is 0 Å². The number of nitrogens with zero attached hydrogens (tertiary/aromatic N) is 1. The van der Waals surface area contributed by atoms with Gasteiger partial charge in [0.15, 0.2) is 0 Å². The van der Waals surface area contributed by atoms with Gasteiger partial charge < -0.3 is 9.73 Å². The van der Waals surface area contributed by atoms with Crippen LogP contribution in [0.2, 0.25) is 0 Å². The van der Waals surface area contributed by atoms with Crippen LogP contribution in [0.15, 0.2) is 27.4 Å². The van der Waals surface area contributed by atoms with Crippen LogP contribution in [0.5, 0.6) is 0 Å². The second-order valence-electron chi connectivity index (χ2n) is 7.79. The summed E-state index contributed by atoms with van der Waals surface area (Å²) in [6, 6.07) is 5.91. The van der Waals surface area contributed by atoms with Crippen molar-refractivity contribution in [3.8, 4) is 0 Å². The summed E-state index contributed by atoms with van der Waals surface area (Å²) in [4.78, 5) is 14.5. The monoisotopic (exact) mass is 398 g/mol. The zero-order chi connectivity index (χ0) is 16.7. The molecule has 0 amide bonds. The first-order chi connectivity index (χ1) is 11.5. The summed E-state index contributed by atoms with van der Waals surface area (Å²) >= 11 is 0. The summed E-state index contributed by atoms with van der Waals surface area (Å²) in [6.45, 7) is 9.50. The van der Waals surface area contributed by atoms with E-state index in [4.69, 9.17) is 4.42 Å². The van der Waals surface area contributed by atoms with Crippen LogP contribution in [0, 0.1) is 19.3 Å². The van der Waals surface area contributed by atoms with Gasteiger partial charge in [-0.1, -0.05) is 6.07 Å². The maximum atomic E-state index is 12.0. The smallest absolute Gasteiger partial charge is 0.336 e. The molecule has 0 saturated carbocycles. The molecule has 144 valence electrons. The first-order valence-electron chi connectivity index (χ1n) is 9.02. The van der Waals surface area contributed by atoms with Crippen LogP contribution in [-0.4, -0.2) is 31.1 Å². The number of rotatable bonds is 2. The Labute approximate surface area is 167 Å². The molecule has 2 aliphatic heterocycles. The van der Waals surface area contributed by atoms with Crippen molar-refractivity contribution in [2.24, 2.45) is 5.41 Å². The molecule has 0 radical (unpaired) electrons. The Balaban J connectivity index is 0.00000121. The van der Waals surface area contributed by atoms with E-state index in [1.54, 1.807) is 6.07 Å². The van der Waals surface area contributed by atoms with E-state index in [9.17, 15) is 4.79 Å². The standard InChI is InChI=1S/C20H26N2O2.2ClH/c1-14-8-15(2)19-17(9-14)16(10-18(23)24-19)11-22-7-5-20(13-22)4-3-6-21-12-20;;/h8-10,21H,3-7,11-13H2,1-2H3;2*1H. The van der Waals surface area contributed by atoms with Crippen LogP contribution in [0.3, 0.4) is 0 Å². The first kappa shape index (κ1) is 21.2. The molecular weight excluding hydrogens is 371 g/mol. The van der Waals surface area contributed by atoms with Crippen LogP contribution in [0.1, 0.15) is 36.0 Å². The number of likely N-dealkylation sites (tertiary alicyclic amines) is 1. The lowest BCUT2D eigenvalue weighted by Crippen LogP contribution is -2.41. The number of piperidine rings is 1. The van der Waals surface area contributed by atoms with Crippen LogP contribution >= 0.6 is 24.8 Å². The van der Waals surface area contributed by atoms with Crippen molar-refractivity contribution in [3.63, 3.8) is 0 Å². The van der Waals surface area contributed by atoms with Gasteiger partial charge in [0, 0.05) is 31.1 Å². The number of benzene rings is 1. The molecule has 0 aliphatic carbocycles. The highest BCUT2D eigenvalue weighted by Crippen LogP contribution is 2.37. The van der Waals surface area contributed by atoms with Gasteiger partial charge in [0.1, 0.15) is 5.58 Å². The molecular formula is C20H28Cl2N2O2. The third kappa shape index (κ3) is 4.09. The van der Waals surface area contributed by atoms with Crippen molar-refractivity contribution in [2.45, 2.75) is 39.7 Å². The molecule has 26 heavy (non-hydrogen) atoms. The number of hydrogen-bond donors (Lipinski definition) is 1. The lowest BCUT2D eigenvalue weighted by Gasteiger charge is -2.34. The van der Waals surface area contributed by atoms with Crippen molar-refractivity contribution in [1.29, 1.82) is 0 Å². The van der Waals surface area contributed by atoms with Gasteiger partial charge >= 0.3 is 5.63 Å². The highest BCUT2D eigenvalue weighted by molar-refractivity contribution is 5.85. The summed E-state index contributed by atoms with van der Waals surface area (Å²) in [5.74, 6) is 0. The normalized spacial score (nSPS) is 23.0. The summed E-state index contributed by atoms with van der Waals surface area (Å²) in [5, 5.41) is 4.66. The Kier molecular flexibility index (Phi) is 6.78. The minimum absolute atomic E-state index is 0. The maximum Gasteiger partial charge on any atom is 0.336 e. The van der Waals surface area contributed by atoms with Crippen molar-refractivity contribution in [2.75, 3.05) is 26.2 Å². The molecule has 2 saturated heterocycles. The quantitative estimate of drug-likeness (QED) is 0.780. The fraction of sp³-hybridized carbons (Fsp3) is 0.550. The SMILES string of the molecule is Cc1cc(C)c2oc(=O)cc(CN3CCC4(CCCNC4)C3)c2c1.Cl.Cl. The zero-order valence-electron chi connectivity index (χ0n) is 15.5. The fourth-order valence-corrected chi connectivity index (χ4v) is 4.59. The molecule has 4 rings (SSSR count). The van der Waals surface area contributed by atoms with E-state index in [0.29, 0.717) is 5.41 Å². The number of fused-ring (bicyclic) bond motifs is 1. The molecule has 1 unspecified atom stereocenters. The largest absolute Gasteiger partial charge is 0.422 e. The molecule has 6 heteroatoms. The van der Waals surface area contributed by atoms with Crippen LogP contribution < -0.4 is 10.9 Å². The summed E-state index contributed by atoms with van der Waals surface area (Å²) in [5.41, 5.74) is 4.31. The van der Waals surface area contributed by atoms with E-state index in [1.165, 1.54) is 24.8 Å². The van der Waals surface area contributed by atoms with Gasteiger partial charge in [-0.05, 0) is 74.4 Å². The van der Waals surface area contributed by atoms with Crippen molar-refractivity contribution >= 4 is 35.8 Å². The highest BCUT2D eigenvalue weighted by Gasteiger charge is 2.38. The number of nitrogens with one attached hydrogen (secondary N) is 1. The molecule has 0 bridgehead atoms. The average Bonchev–Trinajstić information content (AvgIpc) is 2.91. The Hall–Kier alpha value is -1.07. The van der Waals surface area contributed by atoms with Gasteiger partial charge in [-0.15, -0.1) is 24.8 Å². The molecule has 3 heterocycles. The van der Waals surface area contributed by atoms with E-state index >= 15 is 0 Å². The maximum absolute atomic E-state index is 12.0. The third-order valence-electron chi connectivity index (χ3n) is 5.73. The van der Waals surface area contributed by atoms with E-state index in [0.717, 1.165) is 54.8 Å². The zero-order valence-corrected chi connectivity index (χ0v) is 17.1. The second-order valence-corrected chi connectivity index (χ2v) is 7.79.